The summed E-state index contributed by atoms with van der Waals surface area (Å²) in [6, 6.07) is 15.4. The molecule has 0 atom stereocenters. The van der Waals surface area contributed by atoms with Crippen molar-refractivity contribution in [2.75, 3.05) is 17.2 Å². The van der Waals surface area contributed by atoms with Crippen LogP contribution in [0.5, 0.6) is 0 Å². The summed E-state index contributed by atoms with van der Waals surface area (Å²) in [7, 11) is 0. The second kappa shape index (κ2) is 7.70. The number of pyridine rings is 2. The Labute approximate surface area is 156 Å². The predicted octanol–water partition coefficient (Wildman–Crippen LogP) is 3.86. The minimum absolute atomic E-state index is 0.226. The average molecular weight is 357 g/mol. The number of nitrogens with zero attached hydrogens (tertiary/aromatic N) is 2. The van der Waals surface area contributed by atoms with Crippen LogP contribution in [0.1, 0.15) is 15.9 Å². The summed E-state index contributed by atoms with van der Waals surface area (Å²) in [5.74, 6) is 0.279. The zero-order valence-electron chi connectivity index (χ0n) is 14.6. The van der Waals surface area contributed by atoms with E-state index in [1.54, 1.807) is 30.6 Å². The average Bonchev–Trinajstić information content (AvgIpc) is 3.13. The lowest BCUT2D eigenvalue weighted by molar-refractivity contribution is 0.102. The van der Waals surface area contributed by atoms with Crippen LogP contribution in [0.15, 0.2) is 73.3 Å². The number of hydrogen-bond acceptors (Lipinski definition) is 4. The Balaban J connectivity index is 1.32. The maximum absolute atomic E-state index is 12.1. The van der Waals surface area contributed by atoms with Crippen molar-refractivity contribution >= 4 is 28.3 Å². The molecule has 0 radical (unpaired) electrons. The number of rotatable bonds is 6. The first kappa shape index (κ1) is 16.8. The van der Waals surface area contributed by atoms with Crippen molar-refractivity contribution in [3.05, 3.63) is 84.4 Å². The van der Waals surface area contributed by atoms with Crippen LogP contribution in [0.3, 0.4) is 0 Å². The van der Waals surface area contributed by atoms with E-state index in [0.29, 0.717) is 11.4 Å². The van der Waals surface area contributed by atoms with E-state index in [1.807, 2.05) is 12.1 Å². The number of H-pyrrole nitrogens is 1. The Morgan fingerprint density at radius 2 is 1.96 bits per heavy atom. The molecular formula is C21H19N5O. The lowest BCUT2D eigenvalue weighted by Gasteiger charge is -2.08. The largest absolute Gasteiger partial charge is 0.383 e. The van der Waals surface area contributed by atoms with Crippen LogP contribution >= 0.6 is 0 Å². The summed E-state index contributed by atoms with van der Waals surface area (Å²) in [6.45, 7) is 0.797. The molecule has 6 nitrogen and oxygen atoms in total. The van der Waals surface area contributed by atoms with E-state index < -0.39 is 0 Å². The lowest BCUT2D eigenvalue weighted by atomic mass is 10.1. The molecule has 134 valence electrons. The van der Waals surface area contributed by atoms with Crippen LogP contribution in [0.25, 0.3) is 10.9 Å². The molecule has 4 rings (SSSR count). The van der Waals surface area contributed by atoms with Gasteiger partial charge in [-0.1, -0.05) is 18.2 Å². The van der Waals surface area contributed by atoms with Crippen molar-refractivity contribution in [1.29, 1.82) is 0 Å². The Kier molecular flexibility index (Phi) is 4.78. The van der Waals surface area contributed by atoms with E-state index in [2.05, 4.69) is 50.0 Å². The third-order valence-corrected chi connectivity index (χ3v) is 4.33. The van der Waals surface area contributed by atoms with E-state index >= 15 is 0 Å². The van der Waals surface area contributed by atoms with Gasteiger partial charge in [0.15, 0.2) is 0 Å². The number of aromatic amines is 1. The molecule has 6 heteroatoms. The fourth-order valence-corrected chi connectivity index (χ4v) is 2.94. The van der Waals surface area contributed by atoms with Crippen molar-refractivity contribution in [3.63, 3.8) is 0 Å². The topological polar surface area (TPSA) is 82.7 Å². The van der Waals surface area contributed by atoms with E-state index in [0.717, 1.165) is 24.2 Å². The molecule has 0 aliphatic carbocycles. The molecule has 0 saturated carbocycles. The van der Waals surface area contributed by atoms with Gasteiger partial charge in [0.2, 0.25) is 0 Å². The molecule has 0 aliphatic heterocycles. The van der Waals surface area contributed by atoms with Gasteiger partial charge < -0.3 is 15.6 Å². The van der Waals surface area contributed by atoms with E-state index in [1.165, 1.54) is 17.1 Å². The van der Waals surface area contributed by atoms with Gasteiger partial charge in [-0.2, -0.15) is 0 Å². The van der Waals surface area contributed by atoms with Gasteiger partial charge in [-0.3, -0.25) is 9.78 Å². The van der Waals surface area contributed by atoms with Gasteiger partial charge in [0, 0.05) is 36.0 Å². The first-order valence-electron chi connectivity index (χ1n) is 8.76. The highest BCUT2D eigenvalue weighted by Gasteiger charge is 2.06. The van der Waals surface area contributed by atoms with Crippen LogP contribution in [0, 0.1) is 0 Å². The Morgan fingerprint density at radius 3 is 2.78 bits per heavy atom. The number of hydrogen-bond donors (Lipinski definition) is 3. The minimum atomic E-state index is -0.226. The van der Waals surface area contributed by atoms with Crippen molar-refractivity contribution in [3.8, 4) is 0 Å². The Hall–Kier alpha value is -3.67. The highest BCUT2D eigenvalue weighted by atomic mass is 16.1. The molecule has 27 heavy (non-hydrogen) atoms. The second-order valence-corrected chi connectivity index (χ2v) is 6.16. The van der Waals surface area contributed by atoms with Crippen LogP contribution in [0.4, 0.5) is 11.5 Å². The number of carbonyl (C=O) groups is 1. The lowest BCUT2D eigenvalue weighted by Crippen LogP contribution is -2.13. The summed E-state index contributed by atoms with van der Waals surface area (Å²) < 4.78 is 0. The van der Waals surface area contributed by atoms with Gasteiger partial charge in [-0.05, 0) is 42.3 Å². The predicted molar refractivity (Wildman–Crippen MR) is 107 cm³/mol. The molecule has 0 unspecified atom stereocenters. The third-order valence-electron chi connectivity index (χ3n) is 4.33. The SMILES string of the molecule is O=C(Nc1ccc(NCCc2c[nH]c3ccccc23)cn1)c1cccnc1. The van der Waals surface area contributed by atoms with E-state index in [9.17, 15) is 4.79 Å². The molecule has 4 aromatic rings. The zero-order chi connectivity index (χ0) is 18.5. The molecule has 3 heterocycles. The summed E-state index contributed by atoms with van der Waals surface area (Å²) in [5, 5.41) is 7.38. The smallest absolute Gasteiger partial charge is 0.258 e. The molecule has 0 fully saturated rings. The fourth-order valence-electron chi connectivity index (χ4n) is 2.94. The highest BCUT2D eigenvalue weighted by Crippen LogP contribution is 2.18. The van der Waals surface area contributed by atoms with Gasteiger partial charge in [0.25, 0.3) is 5.91 Å². The molecule has 0 bridgehead atoms. The molecule has 0 aliphatic rings. The van der Waals surface area contributed by atoms with Crippen molar-refractivity contribution in [2.45, 2.75) is 6.42 Å². The monoisotopic (exact) mass is 357 g/mol. The van der Waals surface area contributed by atoms with E-state index in [4.69, 9.17) is 0 Å². The van der Waals surface area contributed by atoms with Crippen molar-refractivity contribution in [2.24, 2.45) is 0 Å². The summed E-state index contributed by atoms with van der Waals surface area (Å²) >= 11 is 0. The second-order valence-electron chi connectivity index (χ2n) is 6.16. The Morgan fingerprint density at radius 1 is 1.04 bits per heavy atom. The molecule has 0 spiro atoms. The molecule has 1 amide bonds. The van der Waals surface area contributed by atoms with Gasteiger partial charge in [0.05, 0.1) is 17.4 Å². The number of anilines is 2. The van der Waals surface area contributed by atoms with Gasteiger partial charge >= 0.3 is 0 Å². The van der Waals surface area contributed by atoms with Crippen LogP contribution in [-0.2, 0) is 6.42 Å². The third kappa shape index (κ3) is 3.95. The first-order valence-corrected chi connectivity index (χ1v) is 8.76. The van der Waals surface area contributed by atoms with Crippen molar-refractivity contribution < 1.29 is 4.79 Å². The first-order chi connectivity index (χ1) is 13.3. The molecule has 3 aromatic heterocycles. The number of amides is 1. The van der Waals surface area contributed by atoms with E-state index in [-0.39, 0.29) is 5.91 Å². The summed E-state index contributed by atoms with van der Waals surface area (Å²) in [6.07, 6.45) is 7.83. The number of aromatic nitrogens is 3. The number of para-hydroxylation sites is 1. The molecule has 1 aromatic carbocycles. The maximum atomic E-state index is 12.1. The highest BCUT2D eigenvalue weighted by molar-refractivity contribution is 6.03. The number of fused-ring (bicyclic) bond motifs is 1. The number of nitrogens with one attached hydrogen (secondary N) is 3. The van der Waals surface area contributed by atoms with Crippen LogP contribution in [0.2, 0.25) is 0 Å². The minimum Gasteiger partial charge on any atom is -0.383 e. The normalized spacial score (nSPS) is 10.7. The fraction of sp³-hybridized carbons (Fsp3) is 0.0952. The number of benzene rings is 1. The summed E-state index contributed by atoms with van der Waals surface area (Å²) in [5.41, 5.74) is 3.85. The zero-order valence-corrected chi connectivity index (χ0v) is 14.6. The molecular weight excluding hydrogens is 338 g/mol. The maximum Gasteiger partial charge on any atom is 0.258 e. The van der Waals surface area contributed by atoms with Gasteiger partial charge in [0.1, 0.15) is 5.82 Å². The summed E-state index contributed by atoms with van der Waals surface area (Å²) in [4.78, 5) is 23.6. The Bertz CT molecular complexity index is 1040. The quantitative estimate of drug-likeness (QED) is 0.489. The van der Waals surface area contributed by atoms with Crippen molar-refractivity contribution in [1.82, 2.24) is 15.0 Å². The van der Waals surface area contributed by atoms with Gasteiger partial charge in [-0.25, -0.2) is 4.98 Å². The van der Waals surface area contributed by atoms with Gasteiger partial charge in [-0.15, -0.1) is 0 Å². The number of carbonyl (C=O) groups excluding carboxylic acids is 1. The standard InChI is InChI=1S/C21H19N5O/c27-21(16-4-3-10-22-12-16)26-20-8-7-17(14-25-20)23-11-9-15-13-24-19-6-2-1-5-18(15)19/h1-8,10,12-14,23-24H,9,11H2,(H,25,26,27). The van der Waals surface area contributed by atoms with Crippen LogP contribution < -0.4 is 10.6 Å². The molecule has 3 N–H and O–H groups in total. The van der Waals surface area contributed by atoms with Crippen LogP contribution in [-0.4, -0.2) is 27.4 Å². The molecule has 0 saturated heterocycles.